The van der Waals surface area contributed by atoms with Crippen LogP contribution in [-0.4, -0.2) is 24.9 Å². The van der Waals surface area contributed by atoms with Gasteiger partial charge in [-0.1, -0.05) is 43.6 Å². The minimum absolute atomic E-state index is 0.124. The minimum atomic E-state index is -4.36. The third-order valence-electron chi connectivity index (χ3n) is 6.69. The first-order valence-corrected chi connectivity index (χ1v) is 11.8. The number of nitrogens with zero attached hydrogens (tertiary/aromatic N) is 2. The molecule has 5 rings (SSSR count). The van der Waals surface area contributed by atoms with Crippen LogP contribution in [0.15, 0.2) is 65.7 Å². The van der Waals surface area contributed by atoms with Crippen molar-refractivity contribution in [3.63, 3.8) is 0 Å². The standard InChI is InChI=1S/C27H23ClF3N3O2/c1-26(2)11-12-34(19-8-9-20(22(28)14-19)25-32-24(15-35)36-33-25)23-10-5-17(13-21(23)26)16-3-6-18(7-4-16)27(29,30)31/h3-10,13-15,24H,11-12H2,1-2H3,(H,32,33). The van der Waals surface area contributed by atoms with E-state index in [1.165, 1.54) is 12.1 Å². The van der Waals surface area contributed by atoms with Gasteiger partial charge in [-0.05, 0) is 71.0 Å². The van der Waals surface area contributed by atoms with Gasteiger partial charge in [0.2, 0.25) is 6.23 Å². The molecule has 1 atom stereocenters. The van der Waals surface area contributed by atoms with Crippen LogP contribution in [0.5, 0.6) is 0 Å². The van der Waals surface area contributed by atoms with Gasteiger partial charge >= 0.3 is 6.18 Å². The van der Waals surface area contributed by atoms with Gasteiger partial charge in [-0.25, -0.2) is 15.3 Å². The van der Waals surface area contributed by atoms with E-state index < -0.39 is 18.0 Å². The van der Waals surface area contributed by atoms with Crippen molar-refractivity contribution in [1.82, 2.24) is 5.48 Å². The topological polar surface area (TPSA) is 53.9 Å². The molecule has 0 amide bonds. The van der Waals surface area contributed by atoms with Gasteiger partial charge in [-0.3, -0.25) is 4.79 Å². The van der Waals surface area contributed by atoms with Crippen LogP contribution in [0.4, 0.5) is 24.5 Å². The number of benzene rings is 3. The van der Waals surface area contributed by atoms with Gasteiger partial charge in [0.25, 0.3) is 0 Å². The fourth-order valence-electron chi connectivity index (χ4n) is 4.60. The molecule has 0 saturated carbocycles. The first-order chi connectivity index (χ1) is 17.1. The molecule has 0 spiro atoms. The Bertz CT molecular complexity index is 1350. The number of halogens is 4. The number of nitrogens with one attached hydrogen (secondary N) is 1. The van der Waals surface area contributed by atoms with Crippen molar-refractivity contribution < 1.29 is 22.8 Å². The predicted octanol–water partition coefficient (Wildman–Crippen LogP) is 6.65. The van der Waals surface area contributed by atoms with Crippen LogP contribution in [0.3, 0.4) is 0 Å². The number of amidine groups is 1. The highest BCUT2D eigenvalue weighted by atomic mass is 35.5. The van der Waals surface area contributed by atoms with E-state index in [-0.39, 0.29) is 5.41 Å². The third kappa shape index (κ3) is 4.47. The summed E-state index contributed by atoms with van der Waals surface area (Å²) in [6.07, 6.45) is -3.80. The highest BCUT2D eigenvalue weighted by molar-refractivity contribution is 6.34. The molecule has 2 aliphatic rings. The van der Waals surface area contributed by atoms with E-state index in [9.17, 15) is 18.0 Å². The Morgan fingerprint density at radius 1 is 1.08 bits per heavy atom. The summed E-state index contributed by atoms with van der Waals surface area (Å²) in [7, 11) is 0. The number of anilines is 2. The molecule has 1 N–H and O–H groups in total. The zero-order valence-electron chi connectivity index (χ0n) is 19.6. The second kappa shape index (κ2) is 8.94. The van der Waals surface area contributed by atoms with Crippen molar-refractivity contribution in [2.75, 3.05) is 11.4 Å². The number of hydroxylamine groups is 1. The number of aldehydes is 1. The molecule has 3 aromatic rings. The normalized spacial score (nSPS) is 18.9. The largest absolute Gasteiger partial charge is 0.416 e. The molecule has 0 fully saturated rings. The lowest BCUT2D eigenvalue weighted by Crippen LogP contribution is -2.34. The molecule has 186 valence electrons. The monoisotopic (exact) mass is 513 g/mol. The first kappa shape index (κ1) is 24.3. The van der Waals surface area contributed by atoms with E-state index in [0.717, 1.165) is 53.2 Å². The summed E-state index contributed by atoms with van der Waals surface area (Å²) in [6.45, 7) is 5.11. The lowest BCUT2D eigenvalue weighted by molar-refractivity contribution is -0.137. The first-order valence-electron chi connectivity index (χ1n) is 11.4. The molecule has 5 nitrogen and oxygen atoms in total. The molecule has 2 aliphatic heterocycles. The predicted molar refractivity (Wildman–Crippen MR) is 134 cm³/mol. The zero-order chi connectivity index (χ0) is 25.7. The fraction of sp³-hybridized carbons (Fsp3) is 0.259. The Morgan fingerprint density at radius 2 is 1.81 bits per heavy atom. The Labute approximate surface area is 211 Å². The summed E-state index contributed by atoms with van der Waals surface area (Å²) in [5.74, 6) is 0.394. The van der Waals surface area contributed by atoms with Crippen LogP contribution in [0.1, 0.15) is 37.0 Å². The lowest BCUT2D eigenvalue weighted by Gasteiger charge is -2.40. The molecule has 0 radical (unpaired) electrons. The second-order valence-electron chi connectivity index (χ2n) is 9.48. The number of hydrogen-bond donors (Lipinski definition) is 1. The molecule has 2 heterocycles. The van der Waals surface area contributed by atoms with Gasteiger partial charge in [0.1, 0.15) is 0 Å². The molecule has 3 aromatic carbocycles. The van der Waals surface area contributed by atoms with Gasteiger partial charge < -0.3 is 4.90 Å². The molecular weight excluding hydrogens is 491 g/mol. The van der Waals surface area contributed by atoms with Crippen molar-refractivity contribution in [1.29, 1.82) is 0 Å². The summed E-state index contributed by atoms with van der Waals surface area (Å²) >= 11 is 6.58. The average Bonchev–Trinajstić information content (AvgIpc) is 3.32. The number of fused-ring (bicyclic) bond motifs is 1. The SMILES string of the molecule is CC1(C)CCN(c2ccc(C3=NC(C=O)ON3)c(Cl)c2)c2ccc(-c3ccc(C(F)(F)F)cc3)cc21. The zero-order valence-corrected chi connectivity index (χ0v) is 20.3. The molecule has 1 unspecified atom stereocenters. The summed E-state index contributed by atoms with van der Waals surface area (Å²) in [5, 5.41) is 0.460. The summed E-state index contributed by atoms with van der Waals surface area (Å²) in [6, 6.07) is 16.9. The van der Waals surface area contributed by atoms with Crippen LogP contribution in [0, 0.1) is 0 Å². The molecule has 0 bridgehead atoms. The molecule has 36 heavy (non-hydrogen) atoms. The fourth-order valence-corrected chi connectivity index (χ4v) is 4.87. The second-order valence-corrected chi connectivity index (χ2v) is 9.89. The van der Waals surface area contributed by atoms with Crippen LogP contribution < -0.4 is 10.4 Å². The lowest BCUT2D eigenvalue weighted by atomic mass is 9.76. The van der Waals surface area contributed by atoms with Gasteiger partial charge in [0.15, 0.2) is 12.1 Å². The van der Waals surface area contributed by atoms with Crippen molar-refractivity contribution >= 4 is 35.1 Å². The maximum Gasteiger partial charge on any atom is 0.416 e. The highest BCUT2D eigenvalue weighted by Gasteiger charge is 2.33. The smallest absolute Gasteiger partial charge is 0.341 e. The minimum Gasteiger partial charge on any atom is -0.341 e. The summed E-state index contributed by atoms with van der Waals surface area (Å²) in [5.41, 5.74) is 7.08. The van der Waals surface area contributed by atoms with E-state index in [1.54, 1.807) is 0 Å². The summed E-state index contributed by atoms with van der Waals surface area (Å²) < 4.78 is 38.9. The molecule has 9 heteroatoms. The van der Waals surface area contributed by atoms with E-state index in [2.05, 4.69) is 35.3 Å². The van der Waals surface area contributed by atoms with Gasteiger partial charge in [0, 0.05) is 23.5 Å². The van der Waals surface area contributed by atoms with Crippen LogP contribution in [-0.2, 0) is 21.2 Å². The number of alkyl halides is 3. The molecule has 0 aromatic heterocycles. The maximum atomic E-state index is 13.0. The van der Waals surface area contributed by atoms with Crippen molar-refractivity contribution in [2.24, 2.45) is 4.99 Å². The molecule has 0 saturated heterocycles. The number of rotatable bonds is 4. The summed E-state index contributed by atoms with van der Waals surface area (Å²) in [4.78, 5) is 22.3. The van der Waals surface area contributed by atoms with Gasteiger partial charge in [0.05, 0.1) is 10.6 Å². The Morgan fingerprint density at radius 3 is 2.44 bits per heavy atom. The van der Waals surface area contributed by atoms with Crippen molar-refractivity contribution in [2.45, 2.75) is 38.1 Å². The highest BCUT2D eigenvalue weighted by Crippen LogP contribution is 2.45. The van der Waals surface area contributed by atoms with Crippen molar-refractivity contribution in [3.8, 4) is 11.1 Å². The number of hydrogen-bond acceptors (Lipinski definition) is 5. The number of aliphatic imine (C=N–C) groups is 1. The molecule has 0 aliphatic carbocycles. The van der Waals surface area contributed by atoms with Crippen LogP contribution >= 0.6 is 11.6 Å². The Balaban J connectivity index is 1.49. The Hall–Kier alpha value is -3.36. The van der Waals surface area contributed by atoms with E-state index in [1.807, 2.05) is 30.3 Å². The van der Waals surface area contributed by atoms with E-state index in [0.29, 0.717) is 22.7 Å². The number of carbonyl (C=O) groups excluding carboxylic acids is 1. The third-order valence-corrected chi connectivity index (χ3v) is 7.00. The van der Waals surface area contributed by atoms with E-state index >= 15 is 0 Å². The molecular formula is C27H23ClF3N3O2. The van der Waals surface area contributed by atoms with Gasteiger partial charge in [-0.15, -0.1) is 0 Å². The number of carbonyl (C=O) groups is 1. The van der Waals surface area contributed by atoms with E-state index in [4.69, 9.17) is 16.4 Å². The average molecular weight is 514 g/mol. The van der Waals surface area contributed by atoms with Crippen LogP contribution in [0.25, 0.3) is 11.1 Å². The quantitative estimate of drug-likeness (QED) is 0.397. The van der Waals surface area contributed by atoms with Crippen LogP contribution in [0.2, 0.25) is 5.02 Å². The maximum absolute atomic E-state index is 13.0. The van der Waals surface area contributed by atoms with Crippen molar-refractivity contribution in [3.05, 3.63) is 82.4 Å². The Kier molecular flexibility index (Phi) is 6.04. The van der Waals surface area contributed by atoms with Gasteiger partial charge in [-0.2, -0.15) is 13.2 Å².